The summed E-state index contributed by atoms with van der Waals surface area (Å²) in [7, 11) is 0. The molecule has 0 unspecified atom stereocenters. The Morgan fingerprint density at radius 1 is 0.250 bits per heavy atom. The van der Waals surface area contributed by atoms with Crippen LogP contribution in [-0.2, 0) is 0 Å². The van der Waals surface area contributed by atoms with E-state index < -0.39 is 0 Å². The van der Waals surface area contributed by atoms with Gasteiger partial charge in [-0.2, -0.15) is 0 Å². The van der Waals surface area contributed by atoms with Gasteiger partial charge in [0.05, 0.1) is 0 Å². The summed E-state index contributed by atoms with van der Waals surface area (Å²) in [5.41, 5.74) is 10.6. The Morgan fingerprint density at radius 3 is 0.923 bits per heavy atom. The smallest absolute Gasteiger partial charge is 0.00263 e. The average Bonchev–Trinajstić information content (AvgIpc) is 3.18. The first kappa shape index (κ1) is 31.7. The van der Waals surface area contributed by atoms with Gasteiger partial charge in [-0.15, -0.1) is 0 Å². The van der Waals surface area contributed by atoms with Gasteiger partial charge in [0.1, 0.15) is 0 Å². The SMILES string of the molecule is Cc1ccc2c(C)c3cc4ccccc4cc3c(-c3ccccc3)c2c1.Cc1ccc2c(C)c3cc4ccccc4cc3c(-c3ccccc3)c2c1. The zero-order valence-corrected chi connectivity index (χ0v) is 30.2. The second kappa shape index (κ2) is 12.8. The normalized spacial score (nSPS) is 11.5. The maximum absolute atomic E-state index is 2.36. The van der Waals surface area contributed by atoms with Crippen LogP contribution >= 0.6 is 0 Å². The maximum Gasteiger partial charge on any atom is -0.00263 e. The highest BCUT2D eigenvalue weighted by molar-refractivity contribution is 6.19. The predicted octanol–water partition coefficient (Wildman–Crippen LogP) is 14.9. The van der Waals surface area contributed by atoms with E-state index in [0.717, 1.165) is 0 Å². The molecule has 0 atom stereocenters. The summed E-state index contributed by atoms with van der Waals surface area (Å²) < 4.78 is 0. The van der Waals surface area contributed by atoms with Gasteiger partial charge in [-0.1, -0.05) is 157 Å². The van der Waals surface area contributed by atoms with Crippen molar-refractivity contribution in [3.63, 3.8) is 0 Å². The molecule has 0 aromatic heterocycles. The first-order valence-electron chi connectivity index (χ1n) is 18.3. The molecule has 10 aromatic carbocycles. The second-order valence-corrected chi connectivity index (χ2v) is 14.3. The minimum Gasteiger partial charge on any atom is -0.0622 e. The van der Waals surface area contributed by atoms with Crippen LogP contribution in [0.4, 0.5) is 0 Å². The number of rotatable bonds is 2. The summed E-state index contributed by atoms with van der Waals surface area (Å²) in [6.07, 6.45) is 0. The third-order valence-corrected chi connectivity index (χ3v) is 10.9. The van der Waals surface area contributed by atoms with Gasteiger partial charge < -0.3 is 0 Å². The Bertz CT molecular complexity index is 2760. The molecule has 0 saturated heterocycles. The van der Waals surface area contributed by atoms with Gasteiger partial charge >= 0.3 is 0 Å². The fraction of sp³-hybridized carbons (Fsp3) is 0.0769. The maximum atomic E-state index is 2.36. The molecule has 52 heavy (non-hydrogen) atoms. The van der Waals surface area contributed by atoms with E-state index in [-0.39, 0.29) is 0 Å². The lowest BCUT2D eigenvalue weighted by atomic mass is 9.87. The molecule has 0 fully saturated rings. The van der Waals surface area contributed by atoms with Crippen LogP contribution in [-0.4, -0.2) is 0 Å². The summed E-state index contributed by atoms with van der Waals surface area (Å²) in [5, 5.41) is 15.9. The van der Waals surface area contributed by atoms with Crippen LogP contribution in [0.3, 0.4) is 0 Å². The Hall–Kier alpha value is -6.24. The number of benzene rings is 10. The molecule has 0 aliphatic heterocycles. The standard InChI is InChI=1S/2C26H20/c2*1-17-12-13-22-18(2)23-15-20-10-6-7-11-21(20)16-25(23)26(24(22)14-17)19-8-4-3-5-9-19/h2*3-16H,1-2H3. The highest BCUT2D eigenvalue weighted by Crippen LogP contribution is 2.42. The first-order valence-corrected chi connectivity index (χ1v) is 18.3. The topological polar surface area (TPSA) is 0 Å². The van der Waals surface area contributed by atoms with Crippen LogP contribution in [0.15, 0.2) is 170 Å². The third kappa shape index (κ3) is 5.40. The second-order valence-electron chi connectivity index (χ2n) is 14.3. The van der Waals surface area contributed by atoms with Gasteiger partial charge in [0.15, 0.2) is 0 Å². The molecular formula is C52H40. The minimum atomic E-state index is 1.28. The van der Waals surface area contributed by atoms with Crippen molar-refractivity contribution in [1.29, 1.82) is 0 Å². The minimum absolute atomic E-state index is 1.28. The lowest BCUT2D eigenvalue weighted by molar-refractivity contribution is 1.49. The molecule has 0 amide bonds. The fourth-order valence-corrected chi connectivity index (χ4v) is 8.31. The molecular weight excluding hydrogens is 625 g/mol. The Labute approximate surface area is 305 Å². The van der Waals surface area contributed by atoms with Crippen molar-refractivity contribution in [2.24, 2.45) is 0 Å². The van der Waals surface area contributed by atoms with E-state index in [1.165, 1.54) is 109 Å². The zero-order chi connectivity index (χ0) is 35.3. The van der Waals surface area contributed by atoms with Gasteiger partial charge in [-0.25, -0.2) is 0 Å². The molecule has 0 N–H and O–H groups in total. The van der Waals surface area contributed by atoms with E-state index in [0.29, 0.717) is 0 Å². The molecule has 0 nitrogen and oxygen atoms in total. The van der Waals surface area contributed by atoms with Crippen molar-refractivity contribution in [1.82, 2.24) is 0 Å². The van der Waals surface area contributed by atoms with Crippen molar-refractivity contribution in [3.8, 4) is 22.3 Å². The van der Waals surface area contributed by atoms with Gasteiger partial charge in [0, 0.05) is 0 Å². The highest BCUT2D eigenvalue weighted by Gasteiger charge is 2.16. The predicted molar refractivity (Wildman–Crippen MR) is 228 cm³/mol. The van der Waals surface area contributed by atoms with Gasteiger partial charge in [0.2, 0.25) is 0 Å². The first-order chi connectivity index (χ1) is 25.4. The summed E-state index contributed by atoms with van der Waals surface area (Å²) >= 11 is 0. The van der Waals surface area contributed by atoms with E-state index in [1.807, 2.05) is 0 Å². The van der Waals surface area contributed by atoms with E-state index in [1.54, 1.807) is 0 Å². The lowest BCUT2D eigenvalue weighted by Gasteiger charge is -2.17. The fourth-order valence-electron chi connectivity index (χ4n) is 8.31. The van der Waals surface area contributed by atoms with Crippen LogP contribution in [0, 0.1) is 27.7 Å². The molecule has 0 heterocycles. The lowest BCUT2D eigenvalue weighted by Crippen LogP contribution is -1.91. The van der Waals surface area contributed by atoms with Crippen molar-refractivity contribution in [2.45, 2.75) is 27.7 Å². The van der Waals surface area contributed by atoms with Gasteiger partial charge in [-0.3, -0.25) is 0 Å². The Kier molecular flexibility index (Phi) is 7.82. The van der Waals surface area contributed by atoms with Gasteiger partial charge in [-0.05, 0) is 150 Å². The molecule has 0 heteroatoms. The van der Waals surface area contributed by atoms with Crippen molar-refractivity contribution < 1.29 is 0 Å². The number of hydrogen-bond acceptors (Lipinski definition) is 0. The van der Waals surface area contributed by atoms with E-state index >= 15 is 0 Å². The molecule has 10 aromatic rings. The third-order valence-electron chi connectivity index (χ3n) is 10.9. The molecule has 0 radical (unpaired) electrons. The van der Waals surface area contributed by atoms with Crippen molar-refractivity contribution in [2.75, 3.05) is 0 Å². The summed E-state index contributed by atoms with van der Waals surface area (Å²) in [5.74, 6) is 0. The highest BCUT2D eigenvalue weighted by atomic mass is 14.2. The quantitative estimate of drug-likeness (QED) is 0.161. The molecule has 0 saturated carbocycles. The average molecular weight is 665 g/mol. The van der Waals surface area contributed by atoms with Gasteiger partial charge in [0.25, 0.3) is 0 Å². The van der Waals surface area contributed by atoms with Crippen LogP contribution < -0.4 is 0 Å². The molecule has 0 spiro atoms. The van der Waals surface area contributed by atoms with Crippen molar-refractivity contribution in [3.05, 3.63) is 192 Å². The zero-order valence-electron chi connectivity index (χ0n) is 30.2. The molecule has 248 valence electrons. The number of fused-ring (bicyclic) bond motifs is 6. The molecule has 0 bridgehead atoms. The summed E-state index contributed by atoms with van der Waals surface area (Å²) in [4.78, 5) is 0. The summed E-state index contributed by atoms with van der Waals surface area (Å²) in [6, 6.07) is 62.0. The van der Waals surface area contributed by atoms with Crippen LogP contribution in [0.2, 0.25) is 0 Å². The molecule has 0 aliphatic carbocycles. The van der Waals surface area contributed by atoms with E-state index in [4.69, 9.17) is 0 Å². The Morgan fingerprint density at radius 2 is 0.558 bits per heavy atom. The molecule has 10 rings (SSSR count). The number of hydrogen-bond donors (Lipinski definition) is 0. The molecule has 0 aliphatic rings. The van der Waals surface area contributed by atoms with Crippen LogP contribution in [0.5, 0.6) is 0 Å². The van der Waals surface area contributed by atoms with E-state index in [9.17, 15) is 0 Å². The van der Waals surface area contributed by atoms with Crippen LogP contribution in [0.1, 0.15) is 22.3 Å². The monoisotopic (exact) mass is 664 g/mol. The van der Waals surface area contributed by atoms with E-state index in [2.05, 4.69) is 198 Å². The largest absolute Gasteiger partial charge is 0.0622 e. The summed E-state index contributed by atoms with van der Waals surface area (Å²) in [6.45, 7) is 8.86. The van der Waals surface area contributed by atoms with Crippen LogP contribution in [0.25, 0.3) is 86.9 Å². The Balaban J connectivity index is 0.000000138. The number of aryl methyl sites for hydroxylation is 4. The van der Waals surface area contributed by atoms with Crippen molar-refractivity contribution >= 4 is 64.6 Å².